The van der Waals surface area contributed by atoms with Crippen molar-refractivity contribution in [2.75, 3.05) is 0 Å². The van der Waals surface area contributed by atoms with Gasteiger partial charge in [-0.25, -0.2) is 8.78 Å². The van der Waals surface area contributed by atoms with Gasteiger partial charge in [-0.3, -0.25) is 14.8 Å². The Kier molecular flexibility index (Phi) is 7.26. The summed E-state index contributed by atoms with van der Waals surface area (Å²) in [6, 6.07) is 18.8. The van der Waals surface area contributed by atoms with Gasteiger partial charge in [-0.1, -0.05) is 26.0 Å². The van der Waals surface area contributed by atoms with Gasteiger partial charge in [0.05, 0.1) is 24.0 Å². The van der Waals surface area contributed by atoms with Crippen LogP contribution in [0.25, 0.3) is 10.9 Å². The summed E-state index contributed by atoms with van der Waals surface area (Å²) in [6.45, 7) is 4.60. The molecule has 38 heavy (non-hydrogen) atoms. The molecule has 0 aliphatic heterocycles. The monoisotopic (exact) mass is 511 g/mol. The number of Topliss-reactive ketones (excluding diaryl/α,β-unsaturated/α-hetero) is 1. The van der Waals surface area contributed by atoms with Crippen LogP contribution in [0.15, 0.2) is 85.3 Å². The number of aryl methyl sites for hydroxylation is 1. The van der Waals surface area contributed by atoms with E-state index in [1.54, 1.807) is 24.7 Å². The number of ketones is 1. The molecule has 0 aliphatic carbocycles. The molecule has 7 heteroatoms. The van der Waals surface area contributed by atoms with Gasteiger partial charge >= 0.3 is 0 Å². The number of rotatable bonds is 9. The molecule has 0 fully saturated rings. The molecule has 0 atom stereocenters. The molecule has 0 unspecified atom stereocenters. The first-order valence-corrected chi connectivity index (χ1v) is 12.5. The zero-order valence-electron chi connectivity index (χ0n) is 21.2. The van der Waals surface area contributed by atoms with Crippen molar-refractivity contribution in [1.82, 2.24) is 14.5 Å². The van der Waals surface area contributed by atoms with Crippen LogP contribution in [-0.4, -0.2) is 20.3 Å². The maximum absolute atomic E-state index is 13.7. The summed E-state index contributed by atoms with van der Waals surface area (Å²) in [4.78, 5) is 22.3. The average Bonchev–Trinajstić information content (AvgIpc) is 3.24. The normalized spacial score (nSPS) is 11.3. The lowest BCUT2D eigenvalue weighted by molar-refractivity contribution is 0.0982. The lowest BCUT2D eigenvalue weighted by Crippen LogP contribution is -2.11. The van der Waals surface area contributed by atoms with Gasteiger partial charge in [0.25, 0.3) is 0 Å². The van der Waals surface area contributed by atoms with Gasteiger partial charge in [-0.15, -0.1) is 0 Å². The SMILES string of the molecule is CC(C)c1c(C(=O)CCc2ccc(F)c(F)c2)c2ccc(Oc3cccnc3)cc2n1Cc1ccccn1. The summed E-state index contributed by atoms with van der Waals surface area (Å²) >= 11 is 0. The van der Waals surface area contributed by atoms with Gasteiger partial charge in [0.2, 0.25) is 0 Å². The lowest BCUT2D eigenvalue weighted by Gasteiger charge is -2.15. The number of aromatic nitrogens is 3. The molecule has 5 nitrogen and oxygen atoms in total. The second-order valence-electron chi connectivity index (χ2n) is 9.46. The van der Waals surface area contributed by atoms with Crippen molar-refractivity contribution >= 4 is 16.7 Å². The van der Waals surface area contributed by atoms with Crippen molar-refractivity contribution in [3.8, 4) is 11.5 Å². The highest BCUT2D eigenvalue weighted by Crippen LogP contribution is 2.36. The van der Waals surface area contributed by atoms with Crippen LogP contribution in [0.2, 0.25) is 0 Å². The molecule has 0 spiro atoms. The third-order valence-electron chi connectivity index (χ3n) is 6.44. The first kappa shape index (κ1) is 25.3. The number of hydrogen-bond acceptors (Lipinski definition) is 4. The number of nitrogens with zero attached hydrogens (tertiary/aromatic N) is 3. The van der Waals surface area contributed by atoms with Crippen LogP contribution in [-0.2, 0) is 13.0 Å². The van der Waals surface area contributed by atoms with Crippen LogP contribution in [0.5, 0.6) is 11.5 Å². The van der Waals surface area contributed by atoms with E-state index < -0.39 is 11.6 Å². The molecule has 2 aromatic carbocycles. The smallest absolute Gasteiger partial charge is 0.165 e. The number of hydrogen-bond donors (Lipinski definition) is 0. The van der Waals surface area contributed by atoms with Gasteiger partial charge in [0.1, 0.15) is 11.5 Å². The first-order valence-electron chi connectivity index (χ1n) is 12.5. The molecule has 0 amide bonds. The Labute approximate surface area is 219 Å². The van der Waals surface area contributed by atoms with E-state index in [0.29, 0.717) is 35.6 Å². The minimum absolute atomic E-state index is 0.0380. The van der Waals surface area contributed by atoms with Gasteiger partial charge < -0.3 is 9.30 Å². The molecular formula is C31H27F2N3O2. The second kappa shape index (κ2) is 10.9. The summed E-state index contributed by atoms with van der Waals surface area (Å²) in [5.41, 5.74) is 3.84. The highest BCUT2D eigenvalue weighted by Gasteiger charge is 2.25. The van der Waals surface area contributed by atoms with E-state index >= 15 is 0 Å². The topological polar surface area (TPSA) is 57.0 Å². The minimum Gasteiger partial charge on any atom is -0.456 e. The largest absolute Gasteiger partial charge is 0.456 e. The van der Waals surface area contributed by atoms with E-state index in [0.717, 1.165) is 34.4 Å². The summed E-state index contributed by atoms with van der Waals surface area (Å²) in [6.07, 6.45) is 5.55. The predicted octanol–water partition coefficient (Wildman–Crippen LogP) is 7.49. The van der Waals surface area contributed by atoms with Crippen LogP contribution >= 0.6 is 0 Å². The fourth-order valence-electron chi connectivity index (χ4n) is 4.75. The Morgan fingerprint density at radius 3 is 2.53 bits per heavy atom. The fourth-order valence-corrected chi connectivity index (χ4v) is 4.75. The highest BCUT2D eigenvalue weighted by atomic mass is 19.2. The molecule has 5 aromatic rings. The second-order valence-corrected chi connectivity index (χ2v) is 9.46. The zero-order chi connectivity index (χ0) is 26.6. The number of ether oxygens (including phenoxy) is 1. The third-order valence-corrected chi connectivity index (χ3v) is 6.44. The van der Waals surface area contributed by atoms with E-state index in [9.17, 15) is 13.6 Å². The van der Waals surface area contributed by atoms with Crippen molar-refractivity contribution in [3.63, 3.8) is 0 Å². The van der Waals surface area contributed by atoms with E-state index in [1.165, 1.54) is 6.07 Å². The van der Waals surface area contributed by atoms with Crippen molar-refractivity contribution in [1.29, 1.82) is 0 Å². The summed E-state index contributed by atoms with van der Waals surface area (Å²) in [7, 11) is 0. The third kappa shape index (κ3) is 5.32. The quantitative estimate of drug-likeness (QED) is 0.192. The molecule has 3 aromatic heterocycles. The molecule has 0 aliphatic rings. The molecule has 0 bridgehead atoms. The van der Waals surface area contributed by atoms with Crippen molar-refractivity contribution in [3.05, 3.63) is 119 Å². The standard InChI is InChI=1S/C31H27F2N3O2/c1-20(2)31-30(29(37)13-9-21-8-12-26(32)27(33)16-21)25-11-10-23(38-24-7-5-14-34-18-24)17-28(25)36(31)19-22-6-3-4-15-35-22/h3-8,10-12,14-18,20H,9,13,19H2,1-2H3. The van der Waals surface area contributed by atoms with E-state index in [4.69, 9.17) is 4.74 Å². The number of carbonyl (C=O) groups excluding carboxylic acids is 1. The molecule has 192 valence electrons. The maximum atomic E-state index is 13.7. The van der Waals surface area contributed by atoms with Crippen LogP contribution < -0.4 is 4.74 Å². The lowest BCUT2D eigenvalue weighted by atomic mass is 9.96. The Morgan fingerprint density at radius 1 is 0.947 bits per heavy atom. The van der Waals surface area contributed by atoms with Crippen molar-refractivity contribution < 1.29 is 18.3 Å². The highest BCUT2D eigenvalue weighted by molar-refractivity contribution is 6.10. The molecule has 3 heterocycles. The summed E-state index contributed by atoms with van der Waals surface area (Å²) in [5, 5.41) is 0.818. The molecule has 0 saturated heterocycles. The fraction of sp³-hybridized carbons (Fsp3) is 0.194. The zero-order valence-corrected chi connectivity index (χ0v) is 21.2. The van der Waals surface area contributed by atoms with Crippen molar-refractivity contribution in [2.45, 2.75) is 39.2 Å². The van der Waals surface area contributed by atoms with Crippen LogP contribution in [0.1, 0.15) is 53.5 Å². The molecule has 0 N–H and O–H groups in total. The van der Waals surface area contributed by atoms with Crippen LogP contribution in [0.3, 0.4) is 0 Å². The molecule has 0 radical (unpaired) electrons. The number of carbonyl (C=O) groups is 1. The van der Waals surface area contributed by atoms with Crippen LogP contribution in [0, 0.1) is 11.6 Å². The van der Waals surface area contributed by atoms with E-state index in [2.05, 4.69) is 28.4 Å². The van der Waals surface area contributed by atoms with Gasteiger partial charge in [-0.05, 0) is 66.4 Å². The Hall–Kier alpha value is -4.39. The summed E-state index contributed by atoms with van der Waals surface area (Å²) < 4.78 is 35.3. The summed E-state index contributed by atoms with van der Waals surface area (Å²) in [5.74, 6) is -0.585. The number of pyridine rings is 2. The van der Waals surface area contributed by atoms with Crippen molar-refractivity contribution in [2.24, 2.45) is 0 Å². The number of halogens is 2. The van der Waals surface area contributed by atoms with E-state index in [-0.39, 0.29) is 18.1 Å². The molecule has 0 saturated carbocycles. The van der Waals surface area contributed by atoms with Gasteiger partial charge in [0.15, 0.2) is 17.4 Å². The number of fused-ring (bicyclic) bond motifs is 1. The average molecular weight is 512 g/mol. The molecule has 5 rings (SSSR count). The predicted molar refractivity (Wildman–Crippen MR) is 143 cm³/mol. The number of benzene rings is 2. The van der Waals surface area contributed by atoms with E-state index in [1.807, 2.05) is 42.5 Å². The Bertz CT molecular complexity index is 1580. The Balaban J connectivity index is 1.57. The van der Waals surface area contributed by atoms with Gasteiger partial charge in [0, 0.05) is 41.5 Å². The minimum atomic E-state index is -0.911. The maximum Gasteiger partial charge on any atom is 0.165 e. The van der Waals surface area contributed by atoms with Gasteiger partial charge in [-0.2, -0.15) is 0 Å². The first-order chi connectivity index (χ1) is 18.4. The Morgan fingerprint density at radius 2 is 1.82 bits per heavy atom. The van der Waals surface area contributed by atoms with Crippen LogP contribution in [0.4, 0.5) is 8.78 Å². The molecular weight excluding hydrogens is 484 g/mol.